The molecule has 1 aliphatic heterocycles. The first-order valence-electron chi connectivity index (χ1n) is 6.88. The van der Waals surface area contributed by atoms with Gasteiger partial charge in [0.2, 0.25) is 0 Å². The third kappa shape index (κ3) is 3.60. The summed E-state index contributed by atoms with van der Waals surface area (Å²) in [6, 6.07) is 2.01. The SMILES string of the molecule is C.Cc1cc(C)c(OCCCC2OC2C)c(C)c1C=O. The monoisotopic (exact) mass is 278 g/mol. The number of hydrogen-bond acceptors (Lipinski definition) is 3. The van der Waals surface area contributed by atoms with Gasteiger partial charge in [0.1, 0.15) is 5.75 Å². The van der Waals surface area contributed by atoms with Crippen molar-refractivity contribution in [1.82, 2.24) is 0 Å². The summed E-state index contributed by atoms with van der Waals surface area (Å²) in [7, 11) is 0. The standard InChI is InChI=1S/C16H22O3.CH4/c1-10-8-11(2)16(12(3)14(10)9-17)18-7-5-6-15-13(4)19-15;/h8-9,13,15H,5-7H2,1-4H3;1H4. The molecule has 3 nitrogen and oxygen atoms in total. The largest absolute Gasteiger partial charge is 0.493 e. The van der Waals surface area contributed by atoms with Crippen LogP contribution in [0.4, 0.5) is 0 Å². The van der Waals surface area contributed by atoms with Gasteiger partial charge in [-0.15, -0.1) is 0 Å². The molecule has 0 aliphatic carbocycles. The molecule has 0 amide bonds. The van der Waals surface area contributed by atoms with Crippen molar-refractivity contribution in [1.29, 1.82) is 0 Å². The van der Waals surface area contributed by atoms with Crippen LogP contribution >= 0.6 is 0 Å². The van der Waals surface area contributed by atoms with Crippen molar-refractivity contribution in [3.63, 3.8) is 0 Å². The summed E-state index contributed by atoms with van der Waals surface area (Å²) < 4.78 is 11.2. The van der Waals surface area contributed by atoms with Gasteiger partial charge in [-0.25, -0.2) is 0 Å². The van der Waals surface area contributed by atoms with Crippen LogP contribution in [0.25, 0.3) is 0 Å². The van der Waals surface area contributed by atoms with Crippen LogP contribution in [0.1, 0.15) is 54.2 Å². The number of carbonyl (C=O) groups excluding carboxylic acids is 1. The molecule has 0 spiro atoms. The van der Waals surface area contributed by atoms with Crippen molar-refractivity contribution < 1.29 is 14.3 Å². The molecule has 1 aromatic rings. The van der Waals surface area contributed by atoms with Gasteiger partial charge in [0.25, 0.3) is 0 Å². The predicted molar refractivity (Wildman–Crippen MR) is 81.8 cm³/mol. The molecule has 1 aliphatic rings. The van der Waals surface area contributed by atoms with E-state index in [4.69, 9.17) is 9.47 Å². The van der Waals surface area contributed by atoms with E-state index in [-0.39, 0.29) is 7.43 Å². The first-order valence-corrected chi connectivity index (χ1v) is 6.88. The molecular weight excluding hydrogens is 252 g/mol. The van der Waals surface area contributed by atoms with Crippen LogP contribution in [0.15, 0.2) is 6.07 Å². The van der Waals surface area contributed by atoms with E-state index in [9.17, 15) is 4.79 Å². The Hall–Kier alpha value is -1.35. The van der Waals surface area contributed by atoms with Crippen molar-refractivity contribution in [3.8, 4) is 5.75 Å². The Labute approximate surface area is 122 Å². The predicted octanol–water partition coefficient (Wildman–Crippen LogP) is 4.01. The molecule has 1 saturated heterocycles. The Kier molecular flexibility index (Phi) is 5.75. The number of epoxide rings is 1. The van der Waals surface area contributed by atoms with Crippen LogP contribution in [0.2, 0.25) is 0 Å². The van der Waals surface area contributed by atoms with Crippen molar-refractivity contribution in [2.45, 2.75) is 60.2 Å². The van der Waals surface area contributed by atoms with Crippen LogP contribution < -0.4 is 4.74 Å². The third-order valence-corrected chi connectivity index (χ3v) is 3.79. The van der Waals surface area contributed by atoms with Gasteiger partial charge in [0.15, 0.2) is 6.29 Å². The second kappa shape index (κ2) is 6.89. The van der Waals surface area contributed by atoms with Gasteiger partial charge in [0.05, 0.1) is 18.8 Å². The van der Waals surface area contributed by atoms with Crippen molar-refractivity contribution >= 4 is 6.29 Å². The lowest BCUT2D eigenvalue weighted by atomic mass is 9.99. The summed E-state index contributed by atoms with van der Waals surface area (Å²) in [5, 5.41) is 0. The maximum absolute atomic E-state index is 11.1. The molecule has 0 bridgehead atoms. The fourth-order valence-electron chi connectivity index (χ4n) is 2.58. The molecule has 2 atom stereocenters. The minimum absolute atomic E-state index is 0. The van der Waals surface area contributed by atoms with Crippen LogP contribution in [0, 0.1) is 20.8 Å². The average Bonchev–Trinajstić information content (AvgIpc) is 3.04. The lowest BCUT2D eigenvalue weighted by Crippen LogP contribution is -2.05. The van der Waals surface area contributed by atoms with Crippen molar-refractivity contribution in [2.75, 3.05) is 6.61 Å². The highest BCUT2D eigenvalue weighted by atomic mass is 16.6. The molecule has 2 unspecified atom stereocenters. The second-order valence-electron chi connectivity index (χ2n) is 5.37. The van der Waals surface area contributed by atoms with E-state index in [0.717, 1.165) is 47.1 Å². The maximum Gasteiger partial charge on any atom is 0.150 e. The van der Waals surface area contributed by atoms with E-state index in [2.05, 4.69) is 6.92 Å². The summed E-state index contributed by atoms with van der Waals surface area (Å²) >= 11 is 0. The molecule has 1 heterocycles. The summed E-state index contributed by atoms with van der Waals surface area (Å²) in [5.74, 6) is 0.859. The highest BCUT2D eigenvalue weighted by molar-refractivity contribution is 5.81. The molecule has 1 fully saturated rings. The highest BCUT2D eigenvalue weighted by Crippen LogP contribution is 2.29. The molecule has 112 valence electrons. The quantitative estimate of drug-likeness (QED) is 0.448. The zero-order valence-electron chi connectivity index (χ0n) is 12.2. The van der Waals surface area contributed by atoms with E-state index < -0.39 is 0 Å². The average molecular weight is 278 g/mol. The van der Waals surface area contributed by atoms with Gasteiger partial charge in [-0.05, 0) is 51.7 Å². The van der Waals surface area contributed by atoms with Crippen molar-refractivity contribution in [3.05, 3.63) is 28.3 Å². The van der Waals surface area contributed by atoms with Crippen LogP contribution in [0.3, 0.4) is 0 Å². The summed E-state index contributed by atoms with van der Waals surface area (Å²) in [5.41, 5.74) is 3.80. The van der Waals surface area contributed by atoms with Crippen LogP contribution in [0.5, 0.6) is 5.75 Å². The number of aldehydes is 1. The molecule has 20 heavy (non-hydrogen) atoms. The second-order valence-corrected chi connectivity index (χ2v) is 5.37. The fraction of sp³-hybridized carbons (Fsp3) is 0.588. The van der Waals surface area contributed by atoms with E-state index in [1.54, 1.807) is 0 Å². The van der Waals surface area contributed by atoms with Gasteiger partial charge in [-0.1, -0.05) is 13.5 Å². The fourth-order valence-corrected chi connectivity index (χ4v) is 2.58. The molecule has 3 heteroatoms. The topological polar surface area (TPSA) is 38.8 Å². The minimum Gasteiger partial charge on any atom is -0.493 e. The molecule has 0 radical (unpaired) electrons. The number of carbonyl (C=O) groups is 1. The van der Waals surface area contributed by atoms with E-state index >= 15 is 0 Å². The number of benzene rings is 1. The van der Waals surface area contributed by atoms with Crippen LogP contribution in [-0.2, 0) is 4.74 Å². The van der Waals surface area contributed by atoms with E-state index in [1.165, 1.54) is 0 Å². The number of ether oxygens (including phenoxy) is 2. The lowest BCUT2D eigenvalue weighted by molar-refractivity contribution is 0.112. The Morgan fingerprint density at radius 2 is 1.95 bits per heavy atom. The minimum atomic E-state index is 0. The smallest absolute Gasteiger partial charge is 0.150 e. The van der Waals surface area contributed by atoms with E-state index in [1.807, 2.05) is 26.8 Å². The molecule has 0 N–H and O–H groups in total. The molecular formula is C17H26O3. The van der Waals surface area contributed by atoms with Gasteiger partial charge < -0.3 is 9.47 Å². The zero-order valence-corrected chi connectivity index (χ0v) is 12.2. The molecule has 2 rings (SSSR count). The summed E-state index contributed by atoms with van der Waals surface area (Å²) in [6.07, 6.45) is 3.79. The number of hydrogen-bond donors (Lipinski definition) is 0. The maximum atomic E-state index is 11.1. The molecule has 1 aromatic carbocycles. The normalized spacial score (nSPS) is 20.2. The van der Waals surface area contributed by atoms with E-state index in [0.29, 0.717) is 18.8 Å². The Bertz CT molecular complexity index is 480. The summed E-state index contributed by atoms with van der Waals surface area (Å²) in [6.45, 7) is 8.70. The molecule has 0 aromatic heterocycles. The third-order valence-electron chi connectivity index (χ3n) is 3.79. The Balaban J connectivity index is 0.00000200. The van der Waals surface area contributed by atoms with Crippen LogP contribution in [-0.4, -0.2) is 25.1 Å². The van der Waals surface area contributed by atoms with Gasteiger partial charge in [0, 0.05) is 11.1 Å². The summed E-state index contributed by atoms with van der Waals surface area (Å²) in [4.78, 5) is 11.1. The first kappa shape index (κ1) is 16.7. The Morgan fingerprint density at radius 1 is 1.30 bits per heavy atom. The van der Waals surface area contributed by atoms with Gasteiger partial charge in [-0.2, -0.15) is 0 Å². The number of rotatable bonds is 6. The number of aryl methyl sites for hydroxylation is 2. The highest BCUT2D eigenvalue weighted by Gasteiger charge is 2.33. The van der Waals surface area contributed by atoms with Gasteiger partial charge >= 0.3 is 0 Å². The van der Waals surface area contributed by atoms with Crippen molar-refractivity contribution in [2.24, 2.45) is 0 Å². The molecule has 0 saturated carbocycles. The lowest BCUT2D eigenvalue weighted by Gasteiger charge is -2.15. The Morgan fingerprint density at radius 3 is 2.50 bits per heavy atom. The first-order chi connectivity index (χ1) is 9.04. The van der Waals surface area contributed by atoms with Gasteiger partial charge in [-0.3, -0.25) is 4.79 Å². The zero-order chi connectivity index (χ0) is 14.0.